The number of benzene rings is 4. The van der Waals surface area contributed by atoms with Gasteiger partial charge in [0, 0.05) is 5.56 Å². The van der Waals surface area contributed by atoms with E-state index in [2.05, 4.69) is 24.0 Å². The van der Waals surface area contributed by atoms with Gasteiger partial charge in [0.1, 0.15) is 11.6 Å². The Balaban J connectivity index is 1.26. The molecule has 0 spiro atoms. The lowest BCUT2D eigenvalue weighted by Crippen LogP contribution is -2.32. The molecule has 0 radical (unpaired) electrons. The molecule has 0 bridgehead atoms. The van der Waals surface area contributed by atoms with Crippen molar-refractivity contribution in [1.82, 2.24) is 0 Å². The van der Waals surface area contributed by atoms with Gasteiger partial charge < -0.3 is 9.47 Å². The molecular formula is C33H28FO3S+. The monoisotopic (exact) mass is 523 g/mol. The normalized spacial score (nSPS) is 14.7. The van der Waals surface area contributed by atoms with Gasteiger partial charge in [-0.1, -0.05) is 42.3 Å². The van der Waals surface area contributed by atoms with Gasteiger partial charge in [0.2, 0.25) is 0 Å². The number of hydrogen-bond donors (Lipinski definition) is 0. The Morgan fingerprint density at radius 2 is 1.32 bits per heavy atom. The third kappa shape index (κ3) is 6.45. The number of hydrogen-bond acceptors (Lipinski definition) is 3. The number of halogens is 1. The molecule has 3 nitrogen and oxygen atoms in total. The van der Waals surface area contributed by atoms with E-state index in [-0.39, 0.29) is 12.4 Å². The smallest absolute Gasteiger partial charge is 0.345 e. The lowest BCUT2D eigenvalue weighted by molar-refractivity contribution is -0.156. The summed E-state index contributed by atoms with van der Waals surface area (Å²) < 4.78 is 25.2. The summed E-state index contributed by atoms with van der Waals surface area (Å²) in [5.41, 5.74) is 0.153. The second-order valence-electron chi connectivity index (χ2n) is 9.12. The van der Waals surface area contributed by atoms with Crippen molar-refractivity contribution >= 4 is 16.9 Å². The van der Waals surface area contributed by atoms with Crippen LogP contribution in [0.2, 0.25) is 0 Å². The molecular weight excluding hydrogens is 495 g/mol. The zero-order valence-corrected chi connectivity index (χ0v) is 21.8. The Bertz CT molecular complexity index is 1400. The Hall–Kier alpha value is -4.01. The Morgan fingerprint density at radius 3 is 1.95 bits per heavy atom. The fourth-order valence-corrected chi connectivity index (χ4v) is 6.57. The third-order valence-corrected chi connectivity index (χ3v) is 8.60. The standard InChI is InChI=1S/C33H28FO3S/c34-27-13-17-30(18-14-27)38(29-11-5-2-6-12-29)31-19-15-28(16-20-31)36-25-32(35)37-33(22-7-8-23-33)24-21-26-9-3-1-4-10-26/h1-6,9-20H,7-8,22-23,25H2/q+1. The van der Waals surface area contributed by atoms with Gasteiger partial charge in [0.25, 0.3) is 0 Å². The minimum atomic E-state index is -0.751. The Kier molecular flexibility index (Phi) is 8.11. The molecule has 5 heteroatoms. The van der Waals surface area contributed by atoms with E-state index in [1.807, 2.05) is 84.9 Å². The van der Waals surface area contributed by atoms with E-state index in [0.717, 1.165) is 45.9 Å². The summed E-state index contributed by atoms with van der Waals surface area (Å²) >= 11 is 0. The van der Waals surface area contributed by atoms with Gasteiger partial charge in [-0.3, -0.25) is 0 Å². The fourth-order valence-electron chi connectivity index (χ4n) is 4.50. The predicted molar refractivity (Wildman–Crippen MR) is 148 cm³/mol. The van der Waals surface area contributed by atoms with Gasteiger partial charge in [-0.15, -0.1) is 0 Å². The van der Waals surface area contributed by atoms with E-state index in [1.165, 1.54) is 12.1 Å². The zero-order chi connectivity index (χ0) is 26.2. The maximum atomic E-state index is 13.6. The molecule has 5 rings (SSSR count). The average Bonchev–Trinajstić information content (AvgIpc) is 3.42. The molecule has 0 aliphatic heterocycles. The molecule has 0 saturated heterocycles. The van der Waals surface area contributed by atoms with Crippen LogP contribution in [0.3, 0.4) is 0 Å². The van der Waals surface area contributed by atoms with Gasteiger partial charge in [-0.2, -0.15) is 0 Å². The quantitative estimate of drug-likeness (QED) is 0.146. The molecule has 0 N–H and O–H groups in total. The topological polar surface area (TPSA) is 35.5 Å². The summed E-state index contributed by atoms with van der Waals surface area (Å²) in [6, 6.07) is 34.2. The maximum Gasteiger partial charge on any atom is 0.345 e. The van der Waals surface area contributed by atoms with E-state index in [1.54, 1.807) is 0 Å². The van der Waals surface area contributed by atoms with Crippen LogP contribution in [-0.4, -0.2) is 18.2 Å². The highest BCUT2D eigenvalue weighted by molar-refractivity contribution is 7.97. The number of rotatable bonds is 7. The molecule has 1 unspecified atom stereocenters. The first-order valence-electron chi connectivity index (χ1n) is 12.7. The largest absolute Gasteiger partial charge is 0.482 e. The molecule has 0 amide bonds. The van der Waals surface area contributed by atoms with Crippen LogP contribution in [0, 0.1) is 17.7 Å². The second kappa shape index (κ2) is 12.0. The SMILES string of the molecule is O=C(COc1ccc([S+](c2ccccc2)c2ccc(F)cc2)cc1)OC1(C#Cc2ccccc2)CCCC1. The van der Waals surface area contributed by atoms with Crippen LogP contribution in [0.1, 0.15) is 31.2 Å². The number of carbonyl (C=O) groups excluding carboxylic acids is 1. The van der Waals surface area contributed by atoms with Crippen molar-refractivity contribution in [3.8, 4) is 17.6 Å². The highest BCUT2D eigenvalue weighted by Crippen LogP contribution is 2.34. The minimum absolute atomic E-state index is 0.184. The van der Waals surface area contributed by atoms with Crippen molar-refractivity contribution in [1.29, 1.82) is 0 Å². The third-order valence-electron chi connectivity index (χ3n) is 6.37. The van der Waals surface area contributed by atoms with Crippen molar-refractivity contribution in [3.05, 3.63) is 121 Å². The zero-order valence-electron chi connectivity index (χ0n) is 20.9. The van der Waals surface area contributed by atoms with E-state index in [0.29, 0.717) is 5.75 Å². The van der Waals surface area contributed by atoms with Gasteiger partial charge in [-0.05, 0) is 104 Å². The maximum absolute atomic E-state index is 13.6. The number of carbonyl (C=O) groups is 1. The molecule has 1 fully saturated rings. The molecule has 4 aromatic rings. The summed E-state index contributed by atoms with van der Waals surface area (Å²) in [6.45, 7) is -0.184. The molecule has 38 heavy (non-hydrogen) atoms. The molecule has 1 aliphatic carbocycles. The van der Waals surface area contributed by atoms with Crippen LogP contribution in [0.15, 0.2) is 124 Å². The minimum Gasteiger partial charge on any atom is -0.482 e. The van der Waals surface area contributed by atoms with Crippen LogP contribution in [0.4, 0.5) is 4.39 Å². The lowest BCUT2D eigenvalue weighted by atomic mass is 10.0. The molecule has 0 heterocycles. The predicted octanol–water partition coefficient (Wildman–Crippen LogP) is 7.21. The molecule has 1 saturated carbocycles. The molecule has 1 atom stereocenters. The summed E-state index contributed by atoms with van der Waals surface area (Å²) in [7, 11) is -0.400. The molecule has 190 valence electrons. The number of esters is 1. The van der Waals surface area contributed by atoms with Gasteiger partial charge in [-0.25, -0.2) is 9.18 Å². The first-order valence-corrected chi connectivity index (χ1v) is 13.9. The summed E-state index contributed by atoms with van der Waals surface area (Å²) in [4.78, 5) is 15.9. The van der Waals surface area contributed by atoms with Crippen molar-refractivity contribution in [3.63, 3.8) is 0 Å². The van der Waals surface area contributed by atoms with Gasteiger partial charge in [0.05, 0.1) is 10.9 Å². The lowest BCUT2D eigenvalue weighted by Gasteiger charge is -2.23. The van der Waals surface area contributed by atoms with Crippen LogP contribution in [0.25, 0.3) is 0 Å². The van der Waals surface area contributed by atoms with E-state index in [4.69, 9.17) is 9.47 Å². The van der Waals surface area contributed by atoms with E-state index >= 15 is 0 Å². The van der Waals surface area contributed by atoms with E-state index < -0.39 is 22.5 Å². The van der Waals surface area contributed by atoms with Crippen molar-refractivity contribution in [2.75, 3.05) is 6.61 Å². The fraction of sp³-hybridized carbons (Fsp3) is 0.182. The van der Waals surface area contributed by atoms with Crippen molar-refractivity contribution in [2.24, 2.45) is 0 Å². The molecule has 0 aromatic heterocycles. The van der Waals surface area contributed by atoms with Crippen molar-refractivity contribution in [2.45, 2.75) is 46.0 Å². The Labute approximate surface area is 226 Å². The Morgan fingerprint density at radius 1 is 0.763 bits per heavy atom. The average molecular weight is 524 g/mol. The van der Waals surface area contributed by atoms with Gasteiger partial charge >= 0.3 is 5.97 Å². The van der Waals surface area contributed by atoms with Crippen LogP contribution >= 0.6 is 0 Å². The van der Waals surface area contributed by atoms with Crippen LogP contribution in [0.5, 0.6) is 5.75 Å². The second-order valence-corrected chi connectivity index (χ2v) is 11.2. The van der Waals surface area contributed by atoms with Crippen LogP contribution < -0.4 is 4.74 Å². The van der Waals surface area contributed by atoms with E-state index in [9.17, 15) is 9.18 Å². The summed E-state index contributed by atoms with van der Waals surface area (Å²) in [5, 5.41) is 0. The number of ether oxygens (including phenoxy) is 2. The highest BCUT2D eigenvalue weighted by Gasteiger charge is 2.36. The van der Waals surface area contributed by atoms with Crippen molar-refractivity contribution < 1.29 is 18.7 Å². The molecule has 4 aromatic carbocycles. The summed E-state index contributed by atoms with van der Waals surface area (Å²) in [5.74, 6) is 6.29. The van der Waals surface area contributed by atoms with Crippen LogP contribution in [-0.2, 0) is 20.4 Å². The first kappa shape index (κ1) is 25.6. The van der Waals surface area contributed by atoms with Gasteiger partial charge in [0.15, 0.2) is 26.9 Å². The highest BCUT2D eigenvalue weighted by atomic mass is 32.2. The summed E-state index contributed by atoms with van der Waals surface area (Å²) in [6.07, 6.45) is 3.43. The molecule has 1 aliphatic rings. The first-order chi connectivity index (χ1) is 18.6.